The van der Waals surface area contributed by atoms with Gasteiger partial charge in [0.15, 0.2) is 17.5 Å². The molecule has 0 N–H and O–H groups in total. The number of allylic oxidation sites excluding steroid dienone is 1. The van der Waals surface area contributed by atoms with Crippen molar-refractivity contribution in [2.45, 2.75) is 12.8 Å². The van der Waals surface area contributed by atoms with Crippen molar-refractivity contribution >= 4 is 60.5 Å². The summed E-state index contributed by atoms with van der Waals surface area (Å²) in [5, 5.41) is 7.86. The molecular formula is C47H29N3O2. The Hall–Kier alpha value is -6.85. The highest BCUT2D eigenvalue weighted by atomic mass is 16.3. The SMILES string of the molecule is C1=Cc2c(oc3cc(-c4cccc5c4oc4cccc(-c6nc(-c7ccccc7)nc(-c7ccc8ccc9ccccc9c8c7)n6)c45)ccc23)CC1. The Labute approximate surface area is 298 Å². The van der Waals surface area contributed by atoms with Crippen molar-refractivity contribution in [3.63, 3.8) is 0 Å². The molecule has 0 aliphatic heterocycles. The summed E-state index contributed by atoms with van der Waals surface area (Å²) in [6.45, 7) is 0. The van der Waals surface area contributed by atoms with Crippen LogP contribution in [0.2, 0.25) is 0 Å². The largest absolute Gasteiger partial charge is 0.460 e. The molecule has 0 spiro atoms. The molecule has 244 valence electrons. The van der Waals surface area contributed by atoms with Gasteiger partial charge < -0.3 is 8.83 Å². The zero-order valence-electron chi connectivity index (χ0n) is 28.0. The van der Waals surface area contributed by atoms with Crippen LogP contribution in [-0.4, -0.2) is 15.0 Å². The maximum atomic E-state index is 6.70. The number of aromatic nitrogens is 3. The fourth-order valence-corrected chi connectivity index (χ4v) is 7.86. The van der Waals surface area contributed by atoms with E-state index in [0.717, 1.165) is 79.3 Å². The average molecular weight is 668 g/mol. The maximum Gasteiger partial charge on any atom is 0.164 e. The standard InChI is InChI=1S/C47H29N3O2/c1-2-11-30(12-3-1)45-48-46(32-23-22-29-21-20-28-10-4-5-13-33(28)39(29)26-32)50-47(49-45)38-17-9-19-41-43(38)37-16-8-15-34(44(37)52-41)31-24-25-36-35-14-6-7-18-40(35)51-42(36)27-31/h1-6,8-17,19-27H,7,18H2. The molecule has 5 heteroatoms. The van der Waals surface area contributed by atoms with Crippen LogP contribution in [0, 0.1) is 0 Å². The van der Waals surface area contributed by atoms with Gasteiger partial charge in [0.1, 0.15) is 22.5 Å². The molecule has 10 aromatic rings. The van der Waals surface area contributed by atoms with Gasteiger partial charge in [0.2, 0.25) is 0 Å². The number of rotatable bonds is 4. The number of furan rings is 2. The molecule has 0 atom stereocenters. The van der Waals surface area contributed by atoms with Crippen molar-refractivity contribution in [3.8, 4) is 45.3 Å². The normalized spacial score (nSPS) is 12.8. The molecule has 0 radical (unpaired) electrons. The van der Waals surface area contributed by atoms with Gasteiger partial charge in [0, 0.05) is 50.4 Å². The summed E-state index contributed by atoms with van der Waals surface area (Å²) in [6, 6.07) is 48.3. The summed E-state index contributed by atoms with van der Waals surface area (Å²) in [5.74, 6) is 2.89. The quantitative estimate of drug-likeness (QED) is 0.175. The molecule has 0 fully saturated rings. The van der Waals surface area contributed by atoms with Gasteiger partial charge in [-0.05, 0) is 57.8 Å². The van der Waals surface area contributed by atoms with Gasteiger partial charge in [-0.1, -0.05) is 127 Å². The second kappa shape index (κ2) is 11.3. The summed E-state index contributed by atoms with van der Waals surface area (Å²) in [6.07, 6.45) is 6.35. The number of aryl methyl sites for hydroxylation is 1. The Morgan fingerprint density at radius 3 is 2.12 bits per heavy atom. The predicted molar refractivity (Wildman–Crippen MR) is 211 cm³/mol. The van der Waals surface area contributed by atoms with Gasteiger partial charge >= 0.3 is 0 Å². The first kappa shape index (κ1) is 28.9. The van der Waals surface area contributed by atoms with Gasteiger partial charge in [0.05, 0.1) is 0 Å². The Kier molecular flexibility index (Phi) is 6.31. The lowest BCUT2D eigenvalue weighted by atomic mass is 9.98. The van der Waals surface area contributed by atoms with E-state index in [1.165, 1.54) is 27.1 Å². The molecule has 0 unspecified atom stereocenters. The molecule has 11 rings (SSSR count). The van der Waals surface area contributed by atoms with Crippen molar-refractivity contribution in [1.82, 2.24) is 15.0 Å². The number of hydrogen-bond donors (Lipinski definition) is 0. The van der Waals surface area contributed by atoms with E-state index < -0.39 is 0 Å². The minimum atomic E-state index is 0.594. The van der Waals surface area contributed by atoms with Crippen molar-refractivity contribution in [3.05, 3.63) is 157 Å². The Bertz CT molecular complexity index is 3080. The van der Waals surface area contributed by atoms with Crippen LogP contribution in [0.5, 0.6) is 0 Å². The lowest BCUT2D eigenvalue weighted by Crippen LogP contribution is -2.00. The fourth-order valence-electron chi connectivity index (χ4n) is 7.86. The van der Waals surface area contributed by atoms with E-state index >= 15 is 0 Å². The molecule has 0 saturated carbocycles. The number of para-hydroxylation sites is 1. The molecule has 0 saturated heterocycles. The minimum Gasteiger partial charge on any atom is -0.460 e. The van der Waals surface area contributed by atoms with E-state index in [2.05, 4.69) is 109 Å². The van der Waals surface area contributed by atoms with Crippen LogP contribution in [0.15, 0.2) is 154 Å². The third-order valence-electron chi connectivity index (χ3n) is 10.4. The molecule has 0 bridgehead atoms. The van der Waals surface area contributed by atoms with Crippen molar-refractivity contribution in [1.29, 1.82) is 0 Å². The summed E-state index contributed by atoms with van der Waals surface area (Å²) in [7, 11) is 0. The van der Waals surface area contributed by atoms with E-state index in [0.29, 0.717) is 17.5 Å². The molecule has 5 nitrogen and oxygen atoms in total. The van der Waals surface area contributed by atoms with Crippen molar-refractivity contribution in [2.24, 2.45) is 0 Å². The highest BCUT2D eigenvalue weighted by molar-refractivity contribution is 6.15. The van der Waals surface area contributed by atoms with Crippen molar-refractivity contribution < 1.29 is 8.83 Å². The van der Waals surface area contributed by atoms with Gasteiger partial charge in [-0.25, -0.2) is 15.0 Å². The van der Waals surface area contributed by atoms with Crippen LogP contribution in [0.1, 0.15) is 17.7 Å². The molecular weight excluding hydrogens is 639 g/mol. The fraction of sp³-hybridized carbons (Fsp3) is 0.0426. The highest BCUT2D eigenvalue weighted by Gasteiger charge is 2.21. The first-order chi connectivity index (χ1) is 25.7. The predicted octanol–water partition coefficient (Wildman–Crippen LogP) is 12.5. The van der Waals surface area contributed by atoms with Gasteiger partial charge in [-0.3, -0.25) is 0 Å². The van der Waals surface area contributed by atoms with Gasteiger partial charge in [-0.2, -0.15) is 0 Å². The Morgan fingerprint density at radius 2 is 1.19 bits per heavy atom. The van der Waals surface area contributed by atoms with Crippen LogP contribution in [-0.2, 0) is 6.42 Å². The average Bonchev–Trinajstić information content (AvgIpc) is 3.79. The lowest BCUT2D eigenvalue weighted by Gasteiger charge is -2.10. The monoisotopic (exact) mass is 667 g/mol. The third-order valence-corrected chi connectivity index (χ3v) is 10.4. The Balaban J connectivity index is 1.11. The molecule has 3 heterocycles. The van der Waals surface area contributed by atoms with E-state index in [-0.39, 0.29) is 0 Å². The van der Waals surface area contributed by atoms with Crippen LogP contribution in [0.3, 0.4) is 0 Å². The van der Waals surface area contributed by atoms with Crippen LogP contribution < -0.4 is 0 Å². The van der Waals surface area contributed by atoms with E-state index in [1.807, 2.05) is 42.5 Å². The number of nitrogens with zero attached hydrogens (tertiary/aromatic N) is 3. The summed E-state index contributed by atoms with van der Waals surface area (Å²) < 4.78 is 13.0. The van der Waals surface area contributed by atoms with E-state index in [9.17, 15) is 0 Å². The second-order valence-corrected chi connectivity index (χ2v) is 13.4. The van der Waals surface area contributed by atoms with E-state index in [1.54, 1.807) is 0 Å². The zero-order chi connectivity index (χ0) is 34.2. The first-order valence-electron chi connectivity index (χ1n) is 17.7. The van der Waals surface area contributed by atoms with Gasteiger partial charge in [-0.15, -0.1) is 0 Å². The minimum absolute atomic E-state index is 0.594. The summed E-state index contributed by atoms with van der Waals surface area (Å²) >= 11 is 0. The Morgan fingerprint density at radius 1 is 0.462 bits per heavy atom. The number of benzene rings is 7. The van der Waals surface area contributed by atoms with Crippen LogP contribution >= 0.6 is 0 Å². The number of fused-ring (bicyclic) bond motifs is 9. The zero-order valence-corrected chi connectivity index (χ0v) is 28.0. The molecule has 0 amide bonds. The number of hydrogen-bond acceptors (Lipinski definition) is 5. The molecule has 1 aliphatic carbocycles. The first-order valence-corrected chi connectivity index (χ1v) is 17.7. The summed E-state index contributed by atoms with van der Waals surface area (Å²) in [5.41, 5.74) is 8.50. The summed E-state index contributed by atoms with van der Waals surface area (Å²) in [4.78, 5) is 15.4. The smallest absolute Gasteiger partial charge is 0.164 e. The van der Waals surface area contributed by atoms with E-state index in [4.69, 9.17) is 23.8 Å². The second-order valence-electron chi connectivity index (χ2n) is 13.4. The topological polar surface area (TPSA) is 65.0 Å². The van der Waals surface area contributed by atoms with Crippen molar-refractivity contribution in [2.75, 3.05) is 0 Å². The van der Waals surface area contributed by atoms with Crippen LogP contribution in [0.25, 0.3) is 106 Å². The van der Waals surface area contributed by atoms with Crippen LogP contribution in [0.4, 0.5) is 0 Å². The molecule has 3 aromatic heterocycles. The third kappa shape index (κ3) is 4.53. The van der Waals surface area contributed by atoms with Gasteiger partial charge in [0.25, 0.3) is 0 Å². The highest BCUT2D eigenvalue weighted by Crippen LogP contribution is 2.42. The molecule has 1 aliphatic rings. The molecule has 52 heavy (non-hydrogen) atoms. The molecule has 7 aromatic carbocycles. The lowest BCUT2D eigenvalue weighted by molar-refractivity contribution is 0.546. The maximum absolute atomic E-state index is 6.70.